The second-order valence-corrected chi connectivity index (χ2v) is 11.5. The smallest absolute Gasteiger partial charge is 0.337 e. The standard InChI is InChI=1S/C24H32N2O5S/c1-24(2,3)20-9-11-21(12-10-20)26(23(28)25-13-15-32(29,30)16-14-25)17-18-5-7-19(8-6-18)22(27)31-4/h5-12,29-30H,13-17H2,1-4H3. The second kappa shape index (κ2) is 9.52. The van der Waals surface area contributed by atoms with Crippen molar-refractivity contribution < 1.29 is 23.4 Å². The van der Waals surface area contributed by atoms with Gasteiger partial charge in [-0.3, -0.25) is 14.0 Å². The molecule has 2 aromatic carbocycles. The van der Waals surface area contributed by atoms with E-state index in [-0.39, 0.29) is 23.0 Å². The van der Waals surface area contributed by atoms with Crippen LogP contribution in [0.4, 0.5) is 10.5 Å². The number of carbonyl (C=O) groups excluding carboxylic acids is 2. The van der Waals surface area contributed by atoms with E-state index in [1.807, 2.05) is 36.4 Å². The Labute approximate surface area is 191 Å². The van der Waals surface area contributed by atoms with E-state index in [4.69, 9.17) is 4.74 Å². The van der Waals surface area contributed by atoms with Crippen LogP contribution in [0.1, 0.15) is 42.3 Å². The minimum atomic E-state index is -2.59. The lowest BCUT2D eigenvalue weighted by atomic mass is 9.87. The van der Waals surface area contributed by atoms with Crippen LogP contribution in [0.2, 0.25) is 0 Å². The number of carbonyl (C=O) groups is 2. The van der Waals surface area contributed by atoms with Crippen molar-refractivity contribution in [1.82, 2.24) is 4.90 Å². The molecule has 0 unspecified atom stereocenters. The first-order valence-corrected chi connectivity index (χ1v) is 12.5. The van der Waals surface area contributed by atoms with Crippen molar-refractivity contribution in [3.8, 4) is 0 Å². The quantitative estimate of drug-likeness (QED) is 0.629. The molecule has 1 aliphatic heterocycles. The molecule has 32 heavy (non-hydrogen) atoms. The first kappa shape index (κ1) is 24.1. The van der Waals surface area contributed by atoms with Gasteiger partial charge in [0, 0.05) is 18.8 Å². The molecule has 8 heteroatoms. The Balaban J connectivity index is 1.87. The molecule has 1 heterocycles. The van der Waals surface area contributed by atoms with Crippen LogP contribution in [0.15, 0.2) is 48.5 Å². The number of methoxy groups -OCH3 is 1. The third kappa shape index (κ3) is 5.82. The van der Waals surface area contributed by atoms with E-state index in [1.165, 1.54) is 12.7 Å². The molecular weight excluding hydrogens is 428 g/mol. The van der Waals surface area contributed by atoms with E-state index in [2.05, 4.69) is 20.8 Å². The molecule has 174 valence electrons. The van der Waals surface area contributed by atoms with Crippen LogP contribution in [-0.4, -0.2) is 57.7 Å². The number of anilines is 1. The van der Waals surface area contributed by atoms with Crippen molar-refractivity contribution >= 4 is 28.3 Å². The average molecular weight is 461 g/mol. The van der Waals surface area contributed by atoms with Gasteiger partial charge < -0.3 is 9.64 Å². The number of hydrogen-bond donors (Lipinski definition) is 2. The van der Waals surface area contributed by atoms with Crippen LogP contribution in [0, 0.1) is 0 Å². The third-order valence-corrected chi connectivity index (χ3v) is 7.31. The molecule has 2 N–H and O–H groups in total. The monoisotopic (exact) mass is 460 g/mol. The van der Waals surface area contributed by atoms with Crippen LogP contribution in [0.25, 0.3) is 0 Å². The second-order valence-electron chi connectivity index (χ2n) is 9.05. The Morgan fingerprint density at radius 2 is 1.56 bits per heavy atom. The number of urea groups is 1. The van der Waals surface area contributed by atoms with Crippen molar-refractivity contribution in [2.75, 3.05) is 36.6 Å². The fourth-order valence-electron chi connectivity index (χ4n) is 3.55. The first-order valence-electron chi connectivity index (χ1n) is 10.6. The number of ether oxygens (including phenoxy) is 1. The van der Waals surface area contributed by atoms with Crippen molar-refractivity contribution in [3.05, 3.63) is 65.2 Å². The van der Waals surface area contributed by atoms with Gasteiger partial charge in [0.2, 0.25) is 0 Å². The molecule has 2 amide bonds. The summed E-state index contributed by atoms with van der Waals surface area (Å²) in [4.78, 5) is 28.5. The maximum Gasteiger partial charge on any atom is 0.337 e. The summed E-state index contributed by atoms with van der Waals surface area (Å²) in [7, 11) is -1.25. The highest BCUT2D eigenvalue weighted by Gasteiger charge is 2.29. The van der Waals surface area contributed by atoms with Crippen LogP contribution in [-0.2, 0) is 16.7 Å². The van der Waals surface area contributed by atoms with Gasteiger partial charge in [-0.1, -0.05) is 45.0 Å². The van der Waals surface area contributed by atoms with E-state index in [0.717, 1.165) is 11.3 Å². The van der Waals surface area contributed by atoms with Gasteiger partial charge in [-0.15, -0.1) is 0 Å². The molecule has 1 saturated heterocycles. The Bertz CT molecular complexity index is 942. The molecular formula is C24H32N2O5S. The minimum Gasteiger partial charge on any atom is -0.465 e. The number of amides is 2. The molecule has 2 aromatic rings. The molecule has 0 saturated carbocycles. The highest BCUT2D eigenvalue weighted by molar-refractivity contribution is 8.24. The SMILES string of the molecule is COC(=O)c1ccc(CN(C(=O)N2CCS(O)(O)CC2)c2ccc(C(C)(C)C)cc2)cc1. The van der Waals surface area contributed by atoms with Crippen LogP contribution >= 0.6 is 10.6 Å². The van der Waals surface area contributed by atoms with Crippen LogP contribution in [0.3, 0.4) is 0 Å². The molecule has 0 aliphatic carbocycles. The Morgan fingerprint density at radius 1 is 1.00 bits per heavy atom. The molecule has 1 fully saturated rings. The number of benzene rings is 2. The van der Waals surface area contributed by atoms with Gasteiger partial charge in [-0.2, -0.15) is 10.6 Å². The summed E-state index contributed by atoms with van der Waals surface area (Å²) in [6, 6.07) is 14.8. The van der Waals surface area contributed by atoms with Crippen molar-refractivity contribution in [1.29, 1.82) is 0 Å². The molecule has 7 nitrogen and oxygen atoms in total. The van der Waals surface area contributed by atoms with Crippen LogP contribution in [0.5, 0.6) is 0 Å². The molecule has 0 aromatic heterocycles. The highest BCUT2D eigenvalue weighted by Crippen LogP contribution is 2.40. The van der Waals surface area contributed by atoms with E-state index >= 15 is 0 Å². The van der Waals surface area contributed by atoms with Crippen molar-refractivity contribution in [2.45, 2.75) is 32.7 Å². The van der Waals surface area contributed by atoms with Gasteiger partial charge in [0.25, 0.3) is 0 Å². The zero-order valence-corrected chi connectivity index (χ0v) is 19.9. The lowest BCUT2D eigenvalue weighted by Gasteiger charge is -2.42. The van der Waals surface area contributed by atoms with E-state index in [9.17, 15) is 18.7 Å². The lowest BCUT2D eigenvalue weighted by Crippen LogP contribution is -2.48. The summed E-state index contributed by atoms with van der Waals surface area (Å²) in [5, 5.41) is 0. The molecule has 0 spiro atoms. The van der Waals surface area contributed by atoms with Crippen molar-refractivity contribution in [3.63, 3.8) is 0 Å². The fourth-order valence-corrected chi connectivity index (χ4v) is 4.78. The normalized spacial score (nSPS) is 16.9. The van der Waals surface area contributed by atoms with Crippen molar-refractivity contribution in [2.24, 2.45) is 0 Å². The van der Waals surface area contributed by atoms with Gasteiger partial charge in [0.1, 0.15) is 0 Å². The number of esters is 1. The van der Waals surface area contributed by atoms with E-state index < -0.39 is 16.6 Å². The van der Waals surface area contributed by atoms with E-state index in [1.54, 1.807) is 21.9 Å². The van der Waals surface area contributed by atoms with Gasteiger partial charge in [-0.05, 0) is 40.8 Å². The largest absolute Gasteiger partial charge is 0.465 e. The highest BCUT2D eigenvalue weighted by atomic mass is 32.3. The Hall–Kier alpha value is -2.55. The summed E-state index contributed by atoms with van der Waals surface area (Å²) in [6.07, 6.45) is 0. The number of hydrogen-bond acceptors (Lipinski definition) is 5. The molecule has 3 rings (SSSR count). The molecule has 1 aliphatic rings. The maximum absolute atomic E-state index is 13.4. The zero-order valence-electron chi connectivity index (χ0n) is 19.1. The number of rotatable bonds is 4. The van der Waals surface area contributed by atoms with Gasteiger partial charge in [-0.25, -0.2) is 9.59 Å². The predicted octanol–water partition coefficient (Wildman–Crippen LogP) is 4.96. The zero-order chi connectivity index (χ0) is 23.5. The third-order valence-electron chi connectivity index (χ3n) is 5.64. The Morgan fingerprint density at radius 3 is 2.06 bits per heavy atom. The van der Waals surface area contributed by atoms with Gasteiger partial charge in [0.05, 0.1) is 30.7 Å². The predicted molar refractivity (Wildman–Crippen MR) is 129 cm³/mol. The maximum atomic E-state index is 13.4. The van der Waals surface area contributed by atoms with Gasteiger partial charge >= 0.3 is 12.0 Å². The van der Waals surface area contributed by atoms with E-state index in [0.29, 0.717) is 25.2 Å². The van der Waals surface area contributed by atoms with Gasteiger partial charge in [0.15, 0.2) is 0 Å². The summed E-state index contributed by atoms with van der Waals surface area (Å²) in [5.41, 5.74) is 3.25. The first-order chi connectivity index (χ1) is 15.0. The topological polar surface area (TPSA) is 90.3 Å². The summed E-state index contributed by atoms with van der Waals surface area (Å²) >= 11 is 0. The lowest BCUT2D eigenvalue weighted by molar-refractivity contribution is 0.0600. The van der Waals surface area contributed by atoms with Crippen LogP contribution < -0.4 is 4.90 Å². The average Bonchev–Trinajstić information content (AvgIpc) is 2.76. The Kier molecular flexibility index (Phi) is 7.17. The molecule has 0 atom stereocenters. The minimum absolute atomic E-state index is 0.00167. The fraction of sp³-hybridized carbons (Fsp3) is 0.417. The summed E-state index contributed by atoms with van der Waals surface area (Å²) < 4.78 is 24.6. The summed E-state index contributed by atoms with van der Waals surface area (Å²) in [6.45, 7) is 7.35. The summed E-state index contributed by atoms with van der Waals surface area (Å²) in [5.74, 6) is -0.0122. The molecule has 0 bridgehead atoms. The number of nitrogens with zero attached hydrogens (tertiary/aromatic N) is 2. The molecule has 0 radical (unpaired) electrons.